The summed E-state index contributed by atoms with van der Waals surface area (Å²) in [6.07, 6.45) is 3.55. The van der Waals surface area contributed by atoms with E-state index in [1.807, 2.05) is 49.4 Å². The number of carbonyl (C=O) groups is 1. The molecule has 0 bridgehead atoms. The van der Waals surface area contributed by atoms with Crippen LogP contribution in [0.2, 0.25) is 0 Å². The van der Waals surface area contributed by atoms with Crippen molar-refractivity contribution >= 4 is 15.9 Å². The lowest BCUT2D eigenvalue weighted by Crippen LogP contribution is -2.38. The second-order valence-electron chi connectivity index (χ2n) is 8.04. The fraction of sp³-hybridized carbons (Fsp3) is 0.435. The van der Waals surface area contributed by atoms with Gasteiger partial charge in [-0.15, -0.1) is 0 Å². The van der Waals surface area contributed by atoms with Crippen LogP contribution in [0.5, 0.6) is 0 Å². The molecule has 0 aliphatic carbocycles. The molecule has 1 amide bonds. The minimum atomic E-state index is -3.26. The molecule has 2 N–H and O–H groups in total. The molecule has 3 rings (SSSR count). The molecule has 2 aromatic rings. The van der Waals surface area contributed by atoms with Gasteiger partial charge in [0.1, 0.15) is 0 Å². The minimum absolute atomic E-state index is 0.0312. The van der Waals surface area contributed by atoms with E-state index in [0.717, 1.165) is 42.6 Å². The maximum Gasteiger partial charge on any atom is 0.227 e. The lowest BCUT2D eigenvalue weighted by Gasteiger charge is -2.26. The van der Waals surface area contributed by atoms with Crippen LogP contribution in [0.4, 0.5) is 0 Å². The van der Waals surface area contributed by atoms with E-state index in [-0.39, 0.29) is 24.4 Å². The number of sulfonamides is 1. The number of nitrogens with zero attached hydrogens (tertiary/aromatic N) is 1. The number of likely N-dealkylation sites (tertiary alicyclic amines) is 1. The summed E-state index contributed by atoms with van der Waals surface area (Å²) in [5, 5.41) is 3.24. The van der Waals surface area contributed by atoms with Gasteiger partial charge in [0.25, 0.3) is 0 Å². The van der Waals surface area contributed by atoms with E-state index in [4.69, 9.17) is 0 Å². The molecule has 0 saturated carbocycles. The smallest absolute Gasteiger partial charge is 0.227 e. The Labute approximate surface area is 179 Å². The van der Waals surface area contributed by atoms with Gasteiger partial charge in [-0.25, -0.2) is 13.1 Å². The van der Waals surface area contributed by atoms with Crippen LogP contribution >= 0.6 is 0 Å². The number of benzene rings is 2. The third-order valence-corrected chi connectivity index (χ3v) is 6.21. The molecule has 0 aromatic heterocycles. The number of carbonyl (C=O) groups excluding carboxylic acids is 1. The predicted molar refractivity (Wildman–Crippen MR) is 120 cm³/mol. The van der Waals surface area contributed by atoms with Crippen molar-refractivity contribution in [2.24, 2.45) is 0 Å². The van der Waals surface area contributed by atoms with Crippen LogP contribution in [-0.2, 0) is 21.4 Å². The summed E-state index contributed by atoms with van der Waals surface area (Å²) in [7, 11) is -3.26. The Balaban J connectivity index is 1.70. The van der Waals surface area contributed by atoms with Gasteiger partial charge in [-0.1, -0.05) is 54.6 Å². The van der Waals surface area contributed by atoms with Gasteiger partial charge in [0.2, 0.25) is 15.9 Å². The Morgan fingerprint density at radius 1 is 1.03 bits per heavy atom. The Kier molecular flexibility index (Phi) is 7.64. The van der Waals surface area contributed by atoms with E-state index < -0.39 is 10.0 Å². The van der Waals surface area contributed by atoms with E-state index in [9.17, 15) is 13.2 Å². The van der Waals surface area contributed by atoms with Gasteiger partial charge < -0.3 is 10.2 Å². The standard InChI is InChI=1S/C23H31N3O3S/c1-18(21-12-8-9-19(15-21)16-24-30(2,28)29)23(27)25-22(17-26-13-6-7-14-26)20-10-4-3-5-11-20/h3-5,8-12,15,18,22,24H,6-7,13-14,16-17H2,1-2H3,(H,25,27). The Morgan fingerprint density at radius 2 is 1.70 bits per heavy atom. The van der Waals surface area contributed by atoms with Gasteiger partial charge in [0.05, 0.1) is 18.2 Å². The van der Waals surface area contributed by atoms with E-state index in [1.54, 1.807) is 0 Å². The normalized spacial score (nSPS) is 16.9. The third kappa shape index (κ3) is 6.65. The summed E-state index contributed by atoms with van der Waals surface area (Å²) in [4.78, 5) is 15.5. The average Bonchev–Trinajstić information content (AvgIpc) is 3.25. The van der Waals surface area contributed by atoms with Crippen LogP contribution in [0.25, 0.3) is 0 Å². The van der Waals surface area contributed by atoms with E-state index in [0.29, 0.717) is 0 Å². The lowest BCUT2D eigenvalue weighted by molar-refractivity contribution is -0.123. The fourth-order valence-corrected chi connectivity index (χ4v) is 4.21. The number of hydrogen-bond acceptors (Lipinski definition) is 4. The predicted octanol–water partition coefficient (Wildman–Crippen LogP) is 2.79. The van der Waals surface area contributed by atoms with Gasteiger partial charge in [0, 0.05) is 13.1 Å². The summed E-state index contributed by atoms with van der Waals surface area (Å²) in [5.41, 5.74) is 2.80. The van der Waals surface area contributed by atoms with Gasteiger partial charge in [-0.05, 0) is 49.5 Å². The molecule has 1 aliphatic heterocycles. The zero-order chi connectivity index (χ0) is 21.6. The first-order valence-electron chi connectivity index (χ1n) is 10.4. The third-order valence-electron chi connectivity index (χ3n) is 5.54. The maximum atomic E-state index is 13.1. The quantitative estimate of drug-likeness (QED) is 0.643. The fourth-order valence-electron chi connectivity index (χ4n) is 3.78. The molecule has 2 atom stereocenters. The van der Waals surface area contributed by atoms with Gasteiger partial charge in [-0.2, -0.15) is 0 Å². The summed E-state index contributed by atoms with van der Waals surface area (Å²) < 4.78 is 25.2. The molecule has 0 spiro atoms. The second kappa shape index (κ2) is 10.2. The summed E-state index contributed by atoms with van der Waals surface area (Å²) in [5.74, 6) is -0.371. The van der Waals surface area contributed by atoms with Crippen molar-refractivity contribution in [3.8, 4) is 0 Å². The molecule has 6 nitrogen and oxygen atoms in total. The molecule has 2 unspecified atom stereocenters. The number of amides is 1. The first-order chi connectivity index (χ1) is 14.3. The second-order valence-corrected chi connectivity index (χ2v) is 9.87. The minimum Gasteiger partial charge on any atom is -0.347 e. The number of hydrogen-bond donors (Lipinski definition) is 2. The van der Waals surface area contributed by atoms with Crippen molar-refractivity contribution < 1.29 is 13.2 Å². The molecule has 162 valence electrons. The Morgan fingerprint density at radius 3 is 2.37 bits per heavy atom. The first-order valence-corrected chi connectivity index (χ1v) is 12.3. The van der Waals surface area contributed by atoms with Crippen LogP contribution < -0.4 is 10.0 Å². The van der Waals surface area contributed by atoms with Crippen LogP contribution in [0.15, 0.2) is 54.6 Å². The van der Waals surface area contributed by atoms with Crippen molar-refractivity contribution in [1.82, 2.24) is 14.9 Å². The molecule has 1 heterocycles. The Hall–Kier alpha value is -2.22. The summed E-state index contributed by atoms with van der Waals surface area (Å²) in [6, 6.07) is 17.6. The maximum absolute atomic E-state index is 13.1. The van der Waals surface area contributed by atoms with Crippen LogP contribution in [0.3, 0.4) is 0 Å². The molecular weight excluding hydrogens is 398 g/mol. The summed E-state index contributed by atoms with van der Waals surface area (Å²) >= 11 is 0. The monoisotopic (exact) mass is 429 g/mol. The number of rotatable bonds is 9. The molecule has 7 heteroatoms. The van der Waals surface area contributed by atoms with Crippen molar-refractivity contribution in [2.45, 2.75) is 38.3 Å². The molecule has 0 radical (unpaired) electrons. The molecule has 2 aromatic carbocycles. The van der Waals surface area contributed by atoms with Crippen molar-refractivity contribution in [1.29, 1.82) is 0 Å². The lowest BCUT2D eigenvalue weighted by atomic mass is 9.97. The highest BCUT2D eigenvalue weighted by Gasteiger charge is 2.23. The Bertz CT molecular complexity index is 941. The van der Waals surface area contributed by atoms with Crippen LogP contribution in [0, 0.1) is 0 Å². The highest BCUT2D eigenvalue weighted by atomic mass is 32.2. The molecule has 1 fully saturated rings. The zero-order valence-electron chi connectivity index (χ0n) is 17.7. The zero-order valence-corrected chi connectivity index (χ0v) is 18.5. The SMILES string of the molecule is CC(C(=O)NC(CN1CCCC1)c1ccccc1)c1cccc(CNS(C)(=O)=O)c1. The van der Waals surface area contributed by atoms with E-state index >= 15 is 0 Å². The number of nitrogens with one attached hydrogen (secondary N) is 2. The highest BCUT2D eigenvalue weighted by molar-refractivity contribution is 7.88. The largest absolute Gasteiger partial charge is 0.347 e. The van der Waals surface area contributed by atoms with Crippen LogP contribution in [0.1, 0.15) is 48.4 Å². The topological polar surface area (TPSA) is 78.5 Å². The van der Waals surface area contributed by atoms with Crippen molar-refractivity contribution in [3.05, 3.63) is 71.3 Å². The van der Waals surface area contributed by atoms with E-state index in [2.05, 4.69) is 27.1 Å². The van der Waals surface area contributed by atoms with Crippen LogP contribution in [-0.4, -0.2) is 45.1 Å². The van der Waals surface area contributed by atoms with E-state index in [1.165, 1.54) is 12.8 Å². The van der Waals surface area contributed by atoms with Crippen molar-refractivity contribution in [3.63, 3.8) is 0 Å². The molecular formula is C23H31N3O3S. The highest BCUT2D eigenvalue weighted by Crippen LogP contribution is 2.22. The summed E-state index contributed by atoms with van der Waals surface area (Å²) in [6.45, 7) is 5.05. The molecule has 1 saturated heterocycles. The first kappa shape index (κ1) is 22.5. The van der Waals surface area contributed by atoms with Gasteiger partial charge in [0.15, 0.2) is 0 Å². The van der Waals surface area contributed by atoms with Gasteiger partial charge >= 0.3 is 0 Å². The molecule has 30 heavy (non-hydrogen) atoms. The van der Waals surface area contributed by atoms with Gasteiger partial charge in [-0.3, -0.25) is 4.79 Å². The molecule has 1 aliphatic rings. The van der Waals surface area contributed by atoms with Crippen molar-refractivity contribution in [2.75, 3.05) is 25.9 Å². The average molecular weight is 430 g/mol.